The second-order valence-corrected chi connectivity index (χ2v) is 5.69. The molecule has 0 saturated carbocycles. The minimum Gasteiger partial charge on any atom is -0.461 e. The van der Waals surface area contributed by atoms with Crippen molar-refractivity contribution >= 4 is 21.9 Å². The third-order valence-corrected chi connectivity index (χ3v) is 3.58. The smallest absolute Gasteiger partial charge is 0.306 e. The van der Waals surface area contributed by atoms with Crippen LogP contribution in [0.1, 0.15) is 23.1 Å². The van der Waals surface area contributed by atoms with Crippen molar-refractivity contribution in [3.05, 3.63) is 69.7 Å². The van der Waals surface area contributed by atoms with Crippen LogP contribution >= 0.6 is 15.9 Å². The Kier molecular flexibility index (Phi) is 5.36. The molecule has 0 atom stereocenters. The van der Waals surface area contributed by atoms with Crippen molar-refractivity contribution in [2.24, 2.45) is 0 Å². The largest absolute Gasteiger partial charge is 0.461 e. The lowest BCUT2D eigenvalue weighted by Crippen LogP contribution is -2.05. The van der Waals surface area contributed by atoms with Gasteiger partial charge in [-0.1, -0.05) is 57.9 Å². The van der Waals surface area contributed by atoms with Crippen molar-refractivity contribution in [2.45, 2.75) is 26.4 Å². The van der Waals surface area contributed by atoms with Crippen molar-refractivity contribution in [3.8, 4) is 0 Å². The van der Waals surface area contributed by atoms with E-state index in [-0.39, 0.29) is 5.97 Å². The van der Waals surface area contributed by atoms with Gasteiger partial charge in [-0.05, 0) is 36.6 Å². The zero-order valence-electron chi connectivity index (χ0n) is 11.4. The summed E-state index contributed by atoms with van der Waals surface area (Å²) in [6.45, 7) is 2.38. The van der Waals surface area contributed by atoms with Crippen molar-refractivity contribution < 1.29 is 9.53 Å². The maximum atomic E-state index is 11.7. The van der Waals surface area contributed by atoms with E-state index >= 15 is 0 Å². The van der Waals surface area contributed by atoms with E-state index in [9.17, 15) is 4.79 Å². The summed E-state index contributed by atoms with van der Waals surface area (Å²) < 4.78 is 6.31. The van der Waals surface area contributed by atoms with E-state index in [4.69, 9.17) is 4.74 Å². The van der Waals surface area contributed by atoms with Crippen LogP contribution in [0.2, 0.25) is 0 Å². The van der Waals surface area contributed by atoms with Gasteiger partial charge in [-0.3, -0.25) is 4.79 Å². The highest BCUT2D eigenvalue weighted by Gasteiger charge is 2.04. The number of carbonyl (C=O) groups is 1. The molecule has 0 N–H and O–H groups in total. The van der Waals surface area contributed by atoms with Crippen LogP contribution in [0.4, 0.5) is 0 Å². The predicted molar refractivity (Wildman–Crippen MR) is 83.4 cm³/mol. The van der Waals surface area contributed by atoms with Crippen molar-refractivity contribution in [3.63, 3.8) is 0 Å². The Bertz CT molecular complexity index is 507. The Morgan fingerprint density at radius 2 is 1.60 bits per heavy atom. The zero-order valence-corrected chi connectivity index (χ0v) is 13.0. The quantitative estimate of drug-likeness (QED) is 0.757. The third kappa shape index (κ3) is 4.82. The SMILES string of the molecule is Cc1ccc(COC(=O)CCc2ccc(Br)cc2)cc1. The second kappa shape index (κ2) is 7.25. The molecule has 0 aromatic heterocycles. The van der Waals surface area contributed by atoms with E-state index in [2.05, 4.69) is 15.9 Å². The van der Waals surface area contributed by atoms with E-state index < -0.39 is 0 Å². The standard InChI is InChI=1S/C17H17BrO2/c1-13-2-4-15(5-3-13)12-20-17(19)11-8-14-6-9-16(18)10-7-14/h2-7,9-10H,8,11-12H2,1H3. The summed E-state index contributed by atoms with van der Waals surface area (Å²) in [4.78, 5) is 11.7. The van der Waals surface area contributed by atoms with Gasteiger partial charge in [-0.2, -0.15) is 0 Å². The maximum absolute atomic E-state index is 11.7. The minimum absolute atomic E-state index is 0.159. The van der Waals surface area contributed by atoms with Gasteiger partial charge in [0.25, 0.3) is 0 Å². The minimum atomic E-state index is -0.159. The summed E-state index contributed by atoms with van der Waals surface area (Å²) in [5.41, 5.74) is 3.36. The fourth-order valence-corrected chi connectivity index (χ4v) is 2.08. The Balaban J connectivity index is 1.75. The summed E-state index contributed by atoms with van der Waals surface area (Å²) in [6, 6.07) is 16.0. The van der Waals surface area contributed by atoms with Gasteiger partial charge in [0.1, 0.15) is 6.61 Å². The number of rotatable bonds is 5. The number of carbonyl (C=O) groups excluding carboxylic acids is 1. The van der Waals surface area contributed by atoms with Crippen LogP contribution in [0.5, 0.6) is 0 Å². The lowest BCUT2D eigenvalue weighted by molar-refractivity contribution is -0.144. The van der Waals surface area contributed by atoms with Crippen LogP contribution in [-0.2, 0) is 22.6 Å². The summed E-state index contributed by atoms with van der Waals surface area (Å²) in [6.07, 6.45) is 1.12. The van der Waals surface area contributed by atoms with Gasteiger partial charge in [0.15, 0.2) is 0 Å². The third-order valence-electron chi connectivity index (χ3n) is 3.05. The molecular formula is C17H17BrO2. The van der Waals surface area contributed by atoms with E-state index in [0.29, 0.717) is 19.4 Å². The first-order valence-corrected chi connectivity index (χ1v) is 7.38. The molecule has 0 aliphatic carbocycles. The molecule has 0 fully saturated rings. The predicted octanol–water partition coefficient (Wildman–Crippen LogP) is 4.43. The summed E-state index contributed by atoms with van der Waals surface area (Å²) in [5.74, 6) is -0.159. The summed E-state index contributed by atoms with van der Waals surface area (Å²) in [7, 11) is 0. The number of hydrogen-bond donors (Lipinski definition) is 0. The molecule has 3 heteroatoms. The highest BCUT2D eigenvalue weighted by Crippen LogP contribution is 2.12. The van der Waals surface area contributed by atoms with Gasteiger partial charge < -0.3 is 4.74 Å². The van der Waals surface area contributed by atoms with E-state index in [0.717, 1.165) is 15.6 Å². The first-order chi connectivity index (χ1) is 9.63. The number of aryl methyl sites for hydroxylation is 2. The van der Waals surface area contributed by atoms with E-state index in [1.165, 1.54) is 5.56 Å². The van der Waals surface area contributed by atoms with Gasteiger partial charge in [-0.15, -0.1) is 0 Å². The van der Waals surface area contributed by atoms with Crippen molar-refractivity contribution in [2.75, 3.05) is 0 Å². The van der Waals surface area contributed by atoms with Gasteiger partial charge in [0.05, 0.1) is 0 Å². The van der Waals surface area contributed by atoms with Gasteiger partial charge in [0.2, 0.25) is 0 Å². The first kappa shape index (κ1) is 14.8. The maximum Gasteiger partial charge on any atom is 0.306 e. The molecule has 0 saturated heterocycles. The van der Waals surface area contributed by atoms with Crippen LogP contribution in [0.25, 0.3) is 0 Å². The molecule has 104 valence electrons. The molecule has 20 heavy (non-hydrogen) atoms. The molecular weight excluding hydrogens is 316 g/mol. The van der Waals surface area contributed by atoms with Crippen LogP contribution in [0.3, 0.4) is 0 Å². The van der Waals surface area contributed by atoms with Crippen LogP contribution in [0, 0.1) is 6.92 Å². The molecule has 0 spiro atoms. The fraction of sp³-hybridized carbons (Fsp3) is 0.235. The topological polar surface area (TPSA) is 26.3 Å². The molecule has 0 amide bonds. The van der Waals surface area contributed by atoms with Crippen molar-refractivity contribution in [1.29, 1.82) is 0 Å². The molecule has 2 rings (SSSR count). The molecule has 0 heterocycles. The molecule has 0 radical (unpaired) electrons. The van der Waals surface area contributed by atoms with E-state index in [1.54, 1.807) is 0 Å². The van der Waals surface area contributed by atoms with Gasteiger partial charge in [0, 0.05) is 10.9 Å². The average molecular weight is 333 g/mol. The molecule has 0 aliphatic rings. The molecule has 2 nitrogen and oxygen atoms in total. The fourth-order valence-electron chi connectivity index (χ4n) is 1.82. The lowest BCUT2D eigenvalue weighted by Gasteiger charge is -2.05. The van der Waals surface area contributed by atoms with Crippen LogP contribution in [-0.4, -0.2) is 5.97 Å². The lowest BCUT2D eigenvalue weighted by atomic mass is 10.1. The first-order valence-electron chi connectivity index (χ1n) is 6.59. The average Bonchev–Trinajstić information content (AvgIpc) is 2.46. The zero-order chi connectivity index (χ0) is 14.4. The van der Waals surface area contributed by atoms with Gasteiger partial charge >= 0.3 is 5.97 Å². The molecule has 0 unspecified atom stereocenters. The number of halogens is 1. The number of ether oxygens (including phenoxy) is 1. The van der Waals surface area contributed by atoms with Crippen molar-refractivity contribution in [1.82, 2.24) is 0 Å². The monoisotopic (exact) mass is 332 g/mol. The second-order valence-electron chi connectivity index (χ2n) is 4.77. The Morgan fingerprint density at radius 1 is 1.00 bits per heavy atom. The Morgan fingerprint density at radius 3 is 2.25 bits per heavy atom. The number of esters is 1. The Labute approximate surface area is 127 Å². The molecule has 0 bridgehead atoms. The normalized spacial score (nSPS) is 10.3. The van der Waals surface area contributed by atoms with Gasteiger partial charge in [-0.25, -0.2) is 0 Å². The van der Waals surface area contributed by atoms with Crippen LogP contribution < -0.4 is 0 Å². The highest BCUT2D eigenvalue weighted by atomic mass is 79.9. The molecule has 0 aliphatic heterocycles. The molecule has 2 aromatic rings. The Hall–Kier alpha value is -1.61. The number of benzene rings is 2. The van der Waals surface area contributed by atoms with E-state index in [1.807, 2.05) is 55.5 Å². The van der Waals surface area contributed by atoms with Crippen LogP contribution in [0.15, 0.2) is 53.0 Å². The summed E-state index contributed by atoms with van der Waals surface area (Å²) in [5, 5.41) is 0. The highest BCUT2D eigenvalue weighted by molar-refractivity contribution is 9.10. The number of hydrogen-bond acceptors (Lipinski definition) is 2. The molecule has 2 aromatic carbocycles. The summed E-state index contributed by atoms with van der Waals surface area (Å²) >= 11 is 3.39.